The van der Waals surface area contributed by atoms with Gasteiger partial charge in [-0.3, -0.25) is 0 Å². The lowest BCUT2D eigenvalue weighted by molar-refractivity contribution is -0.0510. The van der Waals surface area contributed by atoms with Gasteiger partial charge in [-0.25, -0.2) is 0 Å². The molecule has 0 radical (unpaired) electrons. The van der Waals surface area contributed by atoms with Crippen LogP contribution in [0.2, 0.25) is 0 Å². The minimum atomic E-state index is 0.422. The van der Waals surface area contributed by atoms with E-state index in [2.05, 4.69) is 11.9 Å². The van der Waals surface area contributed by atoms with Crippen LogP contribution in [0.3, 0.4) is 0 Å². The minimum Gasteiger partial charge on any atom is -0.381 e. The normalized spacial score (nSPS) is 33.6. The summed E-state index contributed by atoms with van der Waals surface area (Å²) in [5.41, 5.74) is 0. The van der Waals surface area contributed by atoms with Gasteiger partial charge in [-0.2, -0.15) is 0 Å². The van der Waals surface area contributed by atoms with E-state index in [0.717, 1.165) is 32.9 Å². The van der Waals surface area contributed by atoms with Gasteiger partial charge in [0.15, 0.2) is 0 Å². The number of hydrogen-bond donors (Lipinski definition) is 0. The van der Waals surface area contributed by atoms with Crippen molar-refractivity contribution in [1.82, 2.24) is 4.90 Å². The highest BCUT2D eigenvalue weighted by atomic mass is 16.5. The maximum atomic E-state index is 5.71. The van der Waals surface area contributed by atoms with Crippen LogP contribution in [0.25, 0.3) is 0 Å². The molecule has 2 heterocycles. The molecule has 0 aromatic rings. The summed E-state index contributed by atoms with van der Waals surface area (Å²) in [7, 11) is 2.16. The van der Waals surface area contributed by atoms with E-state index < -0.39 is 0 Å². The van der Waals surface area contributed by atoms with Crippen molar-refractivity contribution in [3.63, 3.8) is 0 Å². The number of rotatable bonds is 1. The monoisotopic (exact) mass is 201 g/mol. The number of hydrogen-bond acceptors (Lipinski definition) is 3. The van der Waals surface area contributed by atoms with E-state index >= 15 is 0 Å². The molecule has 0 aliphatic carbocycles. The summed E-state index contributed by atoms with van der Waals surface area (Å²) in [6.45, 7) is 8.86. The maximum Gasteiger partial charge on any atom is 0.0753 e. The average Bonchev–Trinajstić information content (AvgIpc) is 2.74. The fraction of sp³-hybridized carbons (Fsp3) is 1.00. The molecule has 0 aromatic heterocycles. The molecular weight excluding hydrogens is 178 g/mol. The van der Waals surface area contributed by atoms with E-state index in [1.54, 1.807) is 0 Å². The van der Waals surface area contributed by atoms with E-state index in [4.69, 9.17) is 9.47 Å². The molecule has 0 bridgehead atoms. The topological polar surface area (TPSA) is 21.7 Å². The van der Waals surface area contributed by atoms with Crippen LogP contribution in [0.5, 0.6) is 0 Å². The standard InChI is InChI=1S/C9H17NO2.C2H6/c1-10-3-5-12-9(6-10)8-2-4-11-7-8;1-2/h8-9H,2-7H2,1H3;1-2H3. The first-order valence-corrected chi connectivity index (χ1v) is 5.74. The molecule has 0 saturated carbocycles. The molecule has 0 aromatic carbocycles. The van der Waals surface area contributed by atoms with Crippen molar-refractivity contribution in [3.05, 3.63) is 0 Å². The molecule has 2 aliphatic heterocycles. The molecule has 2 aliphatic rings. The third kappa shape index (κ3) is 3.23. The fourth-order valence-electron chi connectivity index (χ4n) is 1.94. The van der Waals surface area contributed by atoms with Gasteiger partial charge in [0, 0.05) is 25.6 Å². The van der Waals surface area contributed by atoms with Crippen molar-refractivity contribution >= 4 is 0 Å². The SMILES string of the molecule is CC.CN1CCOC(C2CCOC2)C1. The maximum absolute atomic E-state index is 5.71. The van der Waals surface area contributed by atoms with Gasteiger partial charge >= 0.3 is 0 Å². The Kier molecular flexibility index (Phi) is 5.45. The molecule has 14 heavy (non-hydrogen) atoms. The highest BCUT2D eigenvalue weighted by Crippen LogP contribution is 2.21. The molecule has 3 nitrogen and oxygen atoms in total. The fourth-order valence-corrected chi connectivity index (χ4v) is 1.94. The van der Waals surface area contributed by atoms with Crippen molar-refractivity contribution in [2.24, 2.45) is 5.92 Å². The zero-order chi connectivity index (χ0) is 10.4. The minimum absolute atomic E-state index is 0.422. The first-order valence-electron chi connectivity index (χ1n) is 5.74. The lowest BCUT2D eigenvalue weighted by atomic mass is 10.0. The second-order valence-corrected chi connectivity index (χ2v) is 3.80. The van der Waals surface area contributed by atoms with Gasteiger partial charge in [0.05, 0.1) is 19.3 Å². The molecule has 0 N–H and O–H groups in total. The summed E-state index contributed by atoms with van der Waals surface area (Å²) in [6, 6.07) is 0. The van der Waals surface area contributed by atoms with Gasteiger partial charge in [-0.05, 0) is 13.5 Å². The van der Waals surface area contributed by atoms with Crippen LogP contribution in [0.15, 0.2) is 0 Å². The number of likely N-dealkylation sites (N-methyl/N-ethyl adjacent to an activating group) is 1. The Morgan fingerprint density at radius 3 is 2.57 bits per heavy atom. The Hall–Kier alpha value is -0.120. The summed E-state index contributed by atoms with van der Waals surface area (Å²) in [4.78, 5) is 2.34. The summed E-state index contributed by atoms with van der Waals surface area (Å²) in [5, 5.41) is 0. The summed E-state index contributed by atoms with van der Waals surface area (Å²) >= 11 is 0. The van der Waals surface area contributed by atoms with Gasteiger partial charge < -0.3 is 14.4 Å². The zero-order valence-electron chi connectivity index (χ0n) is 9.66. The molecule has 3 heteroatoms. The Labute approximate surface area is 87.4 Å². The van der Waals surface area contributed by atoms with Gasteiger partial charge in [-0.15, -0.1) is 0 Å². The Morgan fingerprint density at radius 1 is 1.21 bits per heavy atom. The van der Waals surface area contributed by atoms with Gasteiger partial charge in [0.2, 0.25) is 0 Å². The lowest BCUT2D eigenvalue weighted by Crippen LogP contribution is -2.43. The molecule has 2 unspecified atom stereocenters. The molecule has 2 saturated heterocycles. The molecule has 2 fully saturated rings. The number of morpholine rings is 1. The van der Waals surface area contributed by atoms with E-state index in [1.165, 1.54) is 6.42 Å². The highest BCUT2D eigenvalue weighted by molar-refractivity contribution is 4.79. The molecule has 2 rings (SSSR count). The molecular formula is C11H23NO2. The predicted molar refractivity (Wildman–Crippen MR) is 57.5 cm³/mol. The van der Waals surface area contributed by atoms with E-state index in [0.29, 0.717) is 12.0 Å². The molecule has 84 valence electrons. The first kappa shape index (κ1) is 12.0. The van der Waals surface area contributed by atoms with Crippen molar-refractivity contribution < 1.29 is 9.47 Å². The third-order valence-electron chi connectivity index (χ3n) is 2.79. The van der Waals surface area contributed by atoms with Crippen LogP contribution >= 0.6 is 0 Å². The second kappa shape index (κ2) is 6.38. The summed E-state index contributed by atoms with van der Waals surface area (Å²) in [5.74, 6) is 0.646. The van der Waals surface area contributed by atoms with Crippen molar-refractivity contribution in [3.8, 4) is 0 Å². The van der Waals surface area contributed by atoms with Crippen LogP contribution in [0.4, 0.5) is 0 Å². The number of nitrogens with zero attached hydrogens (tertiary/aromatic N) is 1. The van der Waals surface area contributed by atoms with Crippen molar-refractivity contribution in [2.75, 3.05) is 40.0 Å². The smallest absolute Gasteiger partial charge is 0.0753 e. The van der Waals surface area contributed by atoms with Gasteiger partial charge in [-0.1, -0.05) is 13.8 Å². The van der Waals surface area contributed by atoms with Gasteiger partial charge in [0.1, 0.15) is 0 Å². The highest BCUT2D eigenvalue weighted by Gasteiger charge is 2.29. The zero-order valence-corrected chi connectivity index (χ0v) is 9.66. The Morgan fingerprint density at radius 2 is 2.00 bits per heavy atom. The third-order valence-corrected chi connectivity index (χ3v) is 2.79. The second-order valence-electron chi connectivity index (χ2n) is 3.80. The van der Waals surface area contributed by atoms with Crippen molar-refractivity contribution in [1.29, 1.82) is 0 Å². The molecule has 2 atom stereocenters. The van der Waals surface area contributed by atoms with E-state index in [9.17, 15) is 0 Å². The molecule has 0 spiro atoms. The first-order chi connectivity index (χ1) is 6.86. The molecule has 0 amide bonds. The largest absolute Gasteiger partial charge is 0.381 e. The van der Waals surface area contributed by atoms with Crippen molar-refractivity contribution in [2.45, 2.75) is 26.4 Å². The Balaban J connectivity index is 0.000000461. The van der Waals surface area contributed by atoms with Gasteiger partial charge in [0.25, 0.3) is 0 Å². The number of ether oxygens (including phenoxy) is 2. The van der Waals surface area contributed by atoms with E-state index in [-0.39, 0.29) is 0 Å². The van der Waals surface area contributed by atoms with Crippen LogP contribution < -0.4 is 0 Å². The van der Waals surface area contributed by atoms with E-state index in [1.807, 2.05) is 13.8 Å². The lowest BCUT2D eigenvalue weighted by Gasteiger charge is -2.32. The van der Waals surface area contributed by atoms with Crippen LogP contribution in [0.1, 0.15) is 20.3 Å². The average molecular weight is 201 g/mol. The summed E-state index contributed by atoms with van der Waals surface area (Å²) < 4.78 is 11.1. The van der Waals surface area contributed by atoms with Crippen LogP contribution in [0, 0.1) is 5.92 Å². The quantitative estimate of drug-likeness (QED) is 0.640. The van der Waals surface area contributed by atoms with Crippen LogP contribution in [-0.4, -0.2) is 51.0 Å². The van der Waals surface area contributed by atoms with Crippen LogP contribution in [-0.2, 0) is 9.47 Å². The predicted octanol–water partition coefficient (Wildman–Crippen LogP) is 1.38. The summed E-state index contributed by atoms with van der Waals surface area (Å²) in [6.07, 6.45) is 1.60. The Bertz CT molecular complexity index is 146.